The van der Waals surface area contributed by atoms with Gasteiger partial charge in [-0.25, -0.2) is 4.39 Å². The molecule has 0 N–H and O–H groups in total. The van der Waals surface area contributed by atoms with Gasteiger partial charge in [0.1, 0.15) is 11.6 Å². The summed E-state index contributed by atoms with van der Waals surface area (Å²) >= 11 is 0. The second-order valence-corrected chi connectivity index (χ2v) is 3.56. The maximum absolute atomic E-state index is 13.3. The fraction of sp³-hybridized carbons (Fsp3) is 0.0714. The lowest BCUT2D eigenvalue weighted by Gasteiger charge is -2.11. The zero-order chi connectivity index (χ0) is 12.3. The van der Waals surface area contributed by atoms with E-state index in [0.29, 0.717) is 17.6 Å². The number of hydrogen-bond donors (Lipinski definition) is 0. The molecule has 0 atom stereocenters. The molecule has 0 saturated heterocycles. The summed E-state index contributed by atoms with van der Waals surface area (Å²) in [6.07, 6.45) is 0.633. The molecule has 0 aliphatic heterocycles. The maximum atomic E-state index is 13.3. The van der Waals surface area contributed by atoms with Gasteiger partial charge in [0.15, 0.2) is 6.29 Å². The molecular weight excluding hydrogens is 219 g/mol. The molecule has 2 aromatic carbocycles. The quantitative estimate of drug-likeness (QED) is 0.756. The largest absolute Gasteiger partial charge is 0.496 e. The first-order valence-electron chi connectivity index (χ1n) is 5.14. The fourth-order valence-corrected chi connectivity index (χ4v) is 1.77. The van der Waals surface area contributed by atoms with Gasteiger partial charge in [-0.3, -0.25) is 4.79 Å². The van der Waals surface area contributed by atoms with Crippen LogP contribution >= 0.6 is 0 Å². The van der Waals surface area contributed by atoms with E-state index >= 15 is 0 Å². The highest BCUT2D eigenvalue weighted by atomic mass is 19.1. The van der Waals surface area contributed by atoms with Crippen LogP contribution in [0, 0.1) is 5.82 Å². The van der Waals surface area contributed by atoms with Crippen LogP contribution < -0.4 is 4.74 Å². The monoisotopic (exact) mass is 230 g/mol. The number of carbonyl (C=O) groups excluding carboxylic acids is 1. The summed E-state index contributed by atoms with van der Waals surface area (Å²) in [5, 5.41) is 0. The second-order valence-electron chi connectivity index (χ2n) is 3.56. The molecule has 0 saturated carbocycles. The predicted octanol–water partition coefficient (Wildman–Crippen LogP) is 3.31. The summed E-state index contributed by atoms with van der Waals surface area (Å²) in [6, 6.07) is 11.8. The Morgan fingerprint density at radius 2 is 1.88 bits per heavy atom. The zero-order valence-corrected chi connectivity index (χ0v) is 9.31. The minimum absolute atomic E-state index is 0.285. The molecule has 0 spiro atoms. The van der Waals surface area contributed by atoms with Crippen molar-refractivity contribution in [3.8, 4) is 16.9 Å². The first kappa shape index (κ1) is 11.3. The van der Waals surface area contributed by atoms with Gasteiger partial charge < -0.3 is 4.74 Å². The molecular formula is C14H11FO2. The second kappa shape index (κ2) is 4.78. The average Bonchev–Trinajstić information content (AvgIpc) is 2.38. The first-order chi connectivity index (χ1) is 8.26. The Morgan fingerprint density at radius 1 is 1.18 bits per heavy atom. The highest BCUT2D eigenvalue weighted by Gasteiger charge is 2.13. The molecule has 86 valence electrons. The first-order valence-corrected chi connectivity index (χ1v) is 5.14. The normalized spacial score (nSPS) is 10.0. The van der Waals surface area contributed by atoms with E-state index in [1.54, 1.807) is 0 Å². The molecule has 0 aromatic heterocycles. The summed E-state index contributed by atoms with van der Waals surface area (Å²) in [5.41, 5.74) is 1.73. The lowest BCUT2D eigenvalue weighted by molar-refractivity contribution is 0.112. The number of ether oxygens (including phenoxy) is 1. The molecule has 0 unspecified atom stereocenters. The number of benzene rings is 2. The predicted molar refractivity (Wildman–Crippen MR) is 63.8 cm³/mol. The van der Waals surface area contributed by atoms with Crippen LogP contribution in [0.2, 0.25) is 0 Å². The van der Waals surface area contributed by atoms with E-state index in [1.807, 2.05) is 30.3 Å². The fourth-order valence-electron chi connectivity index (χ4n) is 1.77. The average molecular weight is 230 g/mol. The standard InChI is InChI=1S/C14H11FO2/c1-17-13-8-12(15)7-11(9-16)14(13)10-5-3-2-4-6-10/h2-9H,1H3. The van der Waals surface area contributed by atoms with Crippen molar-refractivity contribution in [2.75, 3.05) is 7.11 Å². The minimum atomic E-state index is -0.483. The van der Waals surface area contributed by atoms with E-state index in [0.717, 1.165) is 5.56 Å². The lowest BCUT2D eigenvalue weighted by Crippen LogP contribution is -1.95. The third-order valence-corrected chi connectivity index (χ3v) is 2.51. The highest BCUT2D eigenvalue weighted by Crippen LogP contribution is 2.33. The van der Waals surface area contributed by atoms with Crippen LogP contribution in [0.4, 0.5) is 4.39 Å². The van der Waals surface area contributed by atoms with Crippen LogP contribution in [0.1, 0.15) is 10.4 Å². The summed E-state index contributed by atoms with van der Waals surface area (Å²) in [6.45, 7) is 0. The minimum Gasteiger partial charge on any atom is -0.496 e. The van der Waals surface area contributed by atoms with Gasteiger partial charge in [-0.05, 0) is 11.6 Å². The van der Waals surface area contributed by atoms with Gasteiger partial charge in [0.05, 0.1) is 7.11 Å². The number of aldehydes is 1. The smallest absolute Gasteiger partial charge is 0.150 e. The number of halogens is 1. The van der Waals surface area contributed by atoms with Crippen LogP contribution in [0.5, 0.6) is 5.75 Å². The van der Waals surface area contributed by atoms with Crippen molar-refractivity contribution in [1.29, 1.82) is 0 Å². The van der Waals surface area contributed by atoms with Crippen LogP contribution in [-0.4, -0.2) is 13.4 Å². The number of hydrogen-bond acceptors (Lipinski definition) is 2. The van der Waals surface area contributed by atoms with Crippen molar-refractivity contribution < 1.29 is 13.9 Å². The molecule has 0 amide bonds. The molecule has 0 aliphatic carbocycles. The van der Waals surface area contributed by atoms with Crippen molar-refractivity contribution >= 4 is 6.29 Å². The van der Waals surface area contributed by atoms with Gasteiger partial charge in [0.25, 0.3) is 0 Å². The molecule has 0 fully saturated rings. The number of carbonyl (C=O) groups is 1. The summed E-state index contributed by atoms with van der Waals surface area (Å²) in [5.74, 6) is -0.123. The third kappa shape index (κ3) is 2.18. The van der Waals surface area contributed by atoms with E-state index < -0.39 is 5.82 Å². The zero-order valence-electron chi connectivity index (χ0n) is 9.31. The highest BCUT2D eigenvalue weighted by molar-refractivity contribution is 5.90. The van der Waals surface area contributed by atoms with E-state index in [2.05, 4.69) is 0 Å². The van der Waals surface area contributed by atoms with Crippen molar-refractivity contribution in [1.82, 2.24) is 0 Å². The Hall–Kier alpha value is -2.16. The Bertz CT molecular complexity index is 535. The van der Waals surface area contributed by atoms with Crippen LogP contribution in [0.15, 0.2) is 42.5 Å². The van der Waals surface area contributed by atoms with Gasteiger partial charge in [-0.2, -0.15) is 0 Å². The Kier molecular flexibility index (Phi) is 3.19. The summed E-state index contributed by atoms with van der Waals surface area (Å²) in [4.78, 5) is 11.0. The van der Waals surface area contributed by atoms with E-state index in [-0.39, 0.29) is 5.56 Å². The van der Waals surface area contributed by atoms with Gasteiger partial charge >= 0.3 is 0 Å². The Labute approximate surface area is 98.7 Å². The van der Waals surface area contributed by atoms with Crippen molar-refractivity contribution in [2.45, 2.75) is 0 Å². The van der Waals surface area contributed by atoms with Gasteiger partial charge in [0, 0.05) is 17.2 Å². The molecule has 3 heteroatoms. The van der Waals surface area contributed by atoms with Crippen LogP contribution in [-0.2, 0) is 0 Å². The topological polar surface area (TPSA) is 26.3 Å². The van der Waals surface area contributed by atoms with Crippen LogP contribution in [0.25, 0.3) is 11.1 Å². The Balaban J connectivity index is 2.70. The molecule has 0 heterocycles. The molecule has 0 bridgehead atoms. The SMILES string of the molecule is COc1cc(F)cc(C=O)c1-c1ccccc1. The van der Waals surface area contributed by atoms with Gasteiger partial charge in [-0.15, -0.1) is 0 Å². The van der Waals surface area contributed by atoms with E-state index in [1.165, 1.54) is 19.2 Å². The van der Waals surface area contributed by atoms with E-state index in [4.69, 9.17) is 4.74 Å². The summed E-state index contributed by atoms with van der Waals surface area (Å²) in [7, 11) is 1.45. The molecule has 17 heavy (non-hydrogen) atoms. The van der Waals surface area contributed by atoms with Crippen molar-refractivity contribution in [3.63, 3.8) is 0 Å². The maximum Gasteiger partial charge on any atom is 0.150 e. The van der Waals surface area contributed by atoms with Crippen LogP contribution in [0.3, 0.4) is 0 Å². The summed E-state index contributed by atoms with van der Waals surface area (Å²) < 4.78 is 18.4. The van der Waals surface area contributed by atoms with Crippen molar-refractivity contribution in [3.05, 3.63) is 53.8 Å². The van der Waals surface area contributed by atoms with Gasteiger partial charge in [-0.1, -0.05) is 30.3 Å². The molecule has 2 aromatic rings. The molecule has 0 aliphatic rings. The molecule has 0 radical (unpaired) electrons. The molecule has 2 nitrogen and oxygen atoms in total. The van der Waals surface area contributed by atoms with E-state index in [9.17, 15) is 9.18 Å². The van der Waals surface area contributed by atoms with Crippen molar-refractivity contribution in [2.24, 2.45) is 0 Å². The Morgan fingerprint density at radius 3 is 2.47 bits per heavy atom. The third-order valence-electron chi connectivity index (χ3n) is 2.51. The van der Waals surface area contributed by atoms with Gasteiger partial charge in [0.2, 0.25) is 0 Å². The number of methoxy groups -OCH3 is 1. The molecule has 2 rings (SSSR count). The lowest BCUT2D eigenvalue weighted by atomic mass is 9.99. The number of rotatable bonds is 3.